The van der Waals surface area contributed by atoms with Crippen molar-refractivity contribution in [2.75, 3.05) is 18.2 Å². The zero-order valence-corrected chi connectivity index (χ0v) is 11.5. The van der Waals surface area contributed by atoms with Crippen LogP contribution in [-0.4, -0.2) is 23.0 Å². The van der Waals surface area contributed by atoms with Crippen LogP contribution in [0.1, 0.15) is 15.9 Å². The van der Waals surface area contributed by atoms with Gasteiger partial charge in [0.2, 0.25) is 0 Å². The number of ether oxygens (including phenoxy) is 1. The fourth-order valence-electron chi connectivity index (χ4n) is 1.58. The number of carbonyl (C=O) groups is 1. The number of methoxy groups -OCH3 is 1. The molecular formula is C13H13ClN4O2. The average molecular weight is 293 g/mol. The second-order valence-electron chi connectivity index (χ2n) is 3.97. The van der Waals surface area contributed by atoms with Crippen molar-refractivity contribution in [1.82, 2.24) is 9.97 Å². The molecule has 6 nitrogen and oxygen atoms in total. The number of anilines is 2. The van der Waals surface area contributed by atoms with Crippen LogP contribution < -0.4 is 11.1 Å². The molecule has 20 heavy (non-hydrogen) atoms. The molecule has 0 saturated heterocycles. The van der Waals surface area contributed by atoms with Gasteiger partial charge in [0.05, 0.1) is 12.7 Å². The topological polar surface area (TPSA) is 90.1 Å². The second-order valence-corrected chi connectivity index (χ2v) is 4.33. The summed E-state index contributed by atoms with van der Waals surface area (Å²) in [6, 6.07) is 7.02. The van der Waals surface area contributed by atoms with E-state index in [1.54, 1.807) is 12.1 Å². The summed E-state index contributed by atoms with van der Waals surface area (Å²) in [5, 5.41) is 3.27. The Morgan fingerprint density at radius 3 is 2.70 bits per heavy atom. The number of aromatic nitrogens is 2. The van der Waals surface area contributed by atoms with Crippen LogP contribution in [0.5, 0.6) is 0 Å². The first-order chi connectivity index (χ1) is 9.61. The van der Waals surface area contributed by atoms with E-state index >= 15 is 0 Å². The lowest BCUT2D eigenvalue weighted by atomic mass is 10.1. The van der Waals surface area contributed by atoms with Crippen molar-refractivity contribution >= 4 is 29.1 Å². The summed E-state index contributed by atoms with van der Waals surface area (Å²) in [4.78, 5) is 19.1. The number of hydrogen-bond donors (Lipinski definition) is 2. The number of benzene rings is 1. The van der Waals surface area contributed by atoms with Crippen molar-refractivity contribution in [2.24, 2.45) is 0 Å². The molecule has 1 aromatic heterocycles. The molecule has 0 aliphatic carbocycles. The highest BCUT2D eigenvalue weighted by Crippen LogP contribution is 2.22. The molecule has 0 amide bonds. The smallest absolute Gasteiger partial charge is 0.337 e. The van der Waals surface area contributed by atoms with E-state index in [9.17, 15) is 4.79 Å². The molecule has 0 saturated carbocycles. The van der Waals surface area contributed by atoms with Gasteiger partial charge in [-0.1, -0.05) is 23.7 Å². The molecule has 0 spiro atoms. The SMILES string of the molecule is COC(=O)c1ccc(CNc2ncnc(Cl)c2N)cc1. The van der Waals surface area contributed by atoms with Crippen molar-refractivity contribution < 1.29 is 9.53 Å². The predicted molar refractivity (Wildman–Crippen MR) is 76.6 cm³/mol. The summed E-state index contributed by atoms with van der Waals surface area (Å²) >= 11 is 5.80. The molecule has 104 valence electrons. The van der Waals surface area contributed by atoms with Gasteiger partial charge in [0.1, 0.15) is 12.0 Å². The standard InChI is InChI=1S/C13H13ClN4O2/c1-20-13(19)9-4-2-8(3-5-9)6-16-12-10(15)11(14)17-7-18-12/h2-5,7H,6,15H2,1H3,(H,16,17,18). The summed E-state index contributed by atoms with van der Waals surface area (Å²) in [6.07, 6.45) is 1.33. The summed E-state index contributed by atoms with van der Waals surface area (Å²) in [5.74, 6) is 0.110. The minimum Gasteiger partial charge on any atom is -0.465 e. The molecule has 2 aromatic rings. The fourth-order valence-corrected chi connectivity index (χ4v) is 1.71. The van der Waals surface area contributed by atoms with Crippen LogP contribution in [0.2, 0.25) is 5.15 Å². The van der Waals surface area contributed by atoms with Crippen LogP contribution in [0, 0.1) is 0 Å². The Kier molecular flexibility index (Phi) is 4.37. The molecular weight excluding hydrogens is 280 g/mol. The lowest BCUT2D eigenvalue weighted by Gasteiger charge is -2.09. The first kappa shape index (κ1) is 14.1. The number of nitrogen functional groups attached to an aromatic ring is 1. The zero-order valence-electron chi connectivity index (χ0n) is 10.8. The summed E-state index contributed by atoms with van der Waals surface area (Å²) < 4.78 is 4.63. The third-order valence-corrected chi connectivity index (χ3v) is 2.97. The van der Waals surface area contributed by atoms with Crippen molar-refractivity contribution in [3.05, 3.63) is 46.9 Å². The Bertz CT molecular complexity index is 616. The summed E-state index contributed by atoms with van der Waals surface area (Å²) in [6.45, 7) is 0.499. The van der Waals surface area contributed by atoms with Gasteiger partial charge in [0.25, 0.3) is 0 Å². The molecule has 0 aliphatic rings. The van der Waals surface area contributed by atoms with Crippen molar-refractivity contribution in [3.8, 4) is 0 Å². The van der Waals surface area contributed by atoms with Gasteiger partial charge in [-0.15, -0.1) is 0 Å². The van der Waals surface area contributed by atoms with Crippen LogP contribution >= 0.6 is 11.6 Å². The molecule has 1 heterocycles. The van der Waals surface area contributed by atoms with E-state index in [4.69, 9.17) is 17.3 Å². The maximum Gasteiger partial charge on any atom is 0.337 e. The van der Waals surface area contributed by atoms with Gasteiger partial charge in [-0.25, -0.2) is 14.8 Å². The molecule has 0 atom stereocenters. The van der Waals surface area contributed by atoms with E-state index in [-0.39, 0.29) is 11.1 Å². The average Bonchev–Trinajstić information content (AvgIpc) is 2.48. The minimum atomic E-state index is -0.365. The maximum absolute atomic E-state index is 11.3. The van der Waals surface area contributed by atoms with Crippen LogP contribution in [0.25, 0.3) is 0 Å². The Labute approximate surface area is 120 Å². The van der Waals surface area contributed by atoms with E-state index in [0.29, 0.717) is 23.6 Å². The summed E-state index contributed by atoms with van der Waals surface area (Å²) in [7, 11) is 1.35. The normalized spacial score (nSPS) is 10.1. The van der Waals surface area contributed by atoms with Crippen molar-refractivity contribution in [2.45, 2.75) is 6.54 Å². The van der Waals surface area contributed by atoms with Crippen molar-refractivity contribution in [3.63, 3.8) is 0 Å². The Balaban J connectivity index is 2.04. The van der Waals surface area contributed by atoms with E-state index in [2.05, 4.69) is 20.0 Å². The first-order valence-electron chi connectivity index (χ1n) is 5.79. The van der Waals surface area contributed by atoms with Crippen LogP contribution in [0.4, 0.5) is 11.5 Å². The van der Waals surface area contributed by atoms with Crippen LogP contribution in [-0.2, 0) is 11.3 Å². The third kappa shape index (κ3) is 3.16. The second kappa shape index (κ2) is 6.21. The minimum absolute atomic E-state index is 0.212. The number of hydrogen-bond acceptors (Lipinski definition) is 6. The lowest BCUT2D eigenvalue weighted by Crippen LogP contribution is -2.06. The van der Waals surface area contributed by atoms with Gasteiger partial charge in [0.15, 0.2) is 11.0 Å². The first-order valence-corrected chi connectivity index (χ1v) is 6.16. The molecule has 1 aromatic carbocycles. The molecule has 2 rings (SSSR count). The van der Waals surface area contributed by atoms with Gasteiger partial charge in [-0.2, -0.15) is 0 Å². The Hall–Kier alpha value is -2.34. The van der Waals surface area contributed by atoms with Gasteiger partial charge in [-0.3, -0.25) is 0 Å². The van der Waals surface area contributed by atoms with Gasteiger partial charge < -0.3 is 15.8 Å². The highest BCUT2D eigenvalue weighted by Gasteiger charge is 2.07. The van der Waals surface area contributed by atoms with Crippen LogP contribution in [0.15, 0.2) is 30.6 Å². The quantitative estimate of drug-likeness (QED) is 0.662. The zero-order chi connectivity index (χ0) is 14.5. The van der Waals surface area contributed by atoms with E-state index in [0.717, 1.165) is 5.56 Å². The summed E-state index contributed by atoms with van der Waals surface area (Å²) in [5.41, 5.74) is 7.52. The predicted octanol–water partition coefficient (Wildman–Crippen LogP) is 2.11. The molecule has 0 radical (unpaired) electrons. The van der Waals surface area contributed by atoms with E-state index in [1.165, 1.54) is 13.4 Å². The van der Waals surface area contributed by atoms with Crippen molar-refractivity contribution in [1.29, 1.82) is 0 Å². The van der Waals surface area contributed by atoms with E-state index < -0.39 is 0 Å². The van der Waals surface area contributed by atoms with E-state index in [1.807, 2.05) is 12.1 Å². The maximum atomic E-state index is 11.3. The number of halogens is 1. The highest BCUT2D eigenvalue weighted by atomic mass is 35.5. The molecule has 0 unspecified atom stereocenters. The number of nitrogens with one attached hydrogen (secondary N) is 1. The third-order valence-electron chi connectivity index (χ3n) is 2.67. The van der Waals surface area contributed by atoms with Gasteiger partial charge in [0, 0.05) is 6.54 Å². The highest BCUT2D eigenvalue weighted by molar-refractivity contribution is 6.32. The molecule has 0 fully saturated rings. The Morgan fingerprint density at radius 1 is 1.35 bits per heavy atom. The fraction of sp³-hybridized carbons (Fsp3) is 0.154. The molecule has 0 bridgehead atoms. The van der Waals surface area contributed by atoms with Gasteiger partial charge >= 0.3 is 5.97 Å². The molecule has 0 aliphatic heterocycles. The number of rotatable bonds is 4. The number of carbonyl (C=O) groups excluding carboxylic acids is 1. The van der Waals surface area contributed by atoms with Gasteiger partial charge in [-0.05, 0) is 17.7 Å². The van der Waals surface area contributed by atoms with Crippen LogP contribution in [0.3, 0.4) is 0 Å². The molecule has 3 N–H and O–H groups in total. The number of nitrogens with zero attached hydrogens (tertiary/aromatic N) is 2. The molecule has 7 heteroatoms. The Morgan fingerprint density at radius 2 is 2.05 bits per heavy atom. The lowest BCUT2D eigenvalue weighted by molar-refractivity contribution is 0.0600. The monoisotopic (exact) mass is 292 g/mol. The number of esters is 1. The number of nitrogens with two attached hydrogens (primary N) is 1. The largest absolute Gasteiger partial charge is 0.465 e.